The lowest BCUT2D eigenvalue weighted by molar-refractivity contribution is -0.139. The van der Waals surface area contributed by atoms with Crippen molar-refractivity contribution in [3.63, 3.8) is 0 Å². The maximum Gasteiger partial charge on any atom is 0.416 e. The summed E-state index contributed by atoms with van der Waals surface area (Å²) < 4.78 is 54.9. The van der Waals surface area contributed by atoms with Crippen LogP contribution in [-0.2, 0) is 31.8 Å². The highest BCUT2D eigenvalue weighted by Crippen LogP contribution is 2.29. The molecule has 1 amide bonds. The summed E-state index contributed by atoms with van der Waals surface area (Å²) in [5.41, 5.74) is 0.888. The fourth-order valence-electron chi connectivity index (χ4n) is 3.73. The predicted octanol–water partition coefficient (Wildman–Crippen LogP) is 4.42. The van der Waals surface area contributed by atoms with E-state index in [1.165, 1.54) is 12.1 Å². The molecule has 0 bridgehead atoms. The van der Waals surface area contributed by atoms with Crippen molar-refractivity contribution < 1.29 is 32.2 Å². The van der Waals surface area contributed by atoms with Crippen LogP contribution in [0, 0.1) is 0 Å². The zero-order chi connectivity index (χ0) is 25.3. The zero-order valence-corrected chi connectivity index (χ0v) is 20.4. The third kappa shape index (κ3) is 8.77. The Balaban J connectivity index is 1.56. The molecular weight excluding hydrogens is 485 g/mol. The van der Waals surface area contributed by atoms with Crippen molar-refractivity contribution >= 4 is 17.5 Å². The number of carbonyl (C=O) groups is 1. The van der Waals surface area contributed by atoms with Crippen LogP contribution in [0.5, 0.6) is 0 Å². The van der Waals surface area contributed by atoms with E-state index in [0.29, 0.717) is 56.5 Å². The van der Waals surface area contributed by atoms with Gasteiger partial charge in [0, 0.05) is 44.9 Å². The standard InChI is InChI=1S/C25H30ClF3N2O4/c1-33-14-15-34-18-24(32)31-12-10-30(11-13-31)16-23(20-4-8-22(26)9-5-20)35-17-19-2-6-21(7-3-19)25(27,28)29/h2-9,23H,10-18H2,1H3/t23-/m0/s1. The van der Waals surface area contributed by atoms with E-state index in [1.54, 1.807) is 24.1 Å². The lowest BCUT2D eigenvalue weighted by Gasteiger charge is -2.36. The quantitative estimate of drug-likeness (QED) is 0.415. The number of benzene rings is 2. The monoisotopic (exact) mass is 514 g/mol. The molecule has 1 fully saturated rings. The highest BCUT2D eigenvalue weighted by molar-refractivity contribution is 6.30. The lowest BCUT2D eigenvalue weighted by Crippen LogP contribution is -2.50. The smallest absolute Gasteiger partial charge is 0.382 e. The Kier molecular flexibility index (Phi) is 10.4. The first-order valence-corrected chi connectivity index (χ1v) is 11.7. The van der Waals surface area contributed by atoms with E-state index >= 15 is 0 Å². The van der Waals surface area contributed by atoms with Gasteiger partial charge in [-0.15, -0.1) is 0 Å². The first-order chi connectivity index (χ1) is 16.8. The van der Waals surface area contributed by atoms with Crippen molar-refractivity contribution in [3.8, 4) is 0 Å². The van der Waals surface area contributed by atoms with Crippen molar-refractivity contribution in [1.29, 1.82) is 0 Å². The molecule has 0 spiro atoms. The van der Waals surface area contributed by atoms with Gasteiger partial charge in [0.1, 0.15) is 6.61 Å². The fraction of sp³-hybridized carbons (Fsp3) is 0.480. The minimum absolute atomic E-state index is 0.0347. The molecule has 6 nitrogen and oxygen atoms in total. The lowest BCUT2D eigenvalue weighted by atomic mass is 10.1. The summed E-state index contributed by atoms with van der Waals surface area (Å²) in [5.74, 6) is -0.0476. The van der Waals surface area contributed by atoms with Gasteiger partial charge in [0.05, 0.1) is 31.5 Å². The molecule has 10 heteroatoms. The van der Waals surface area contributed by atoms with E-state index in [0.717, 1.165) is 17.7 Å². The second kappa shape index (κ2) is 13.2. The van der Waals surface area contributed by atoms with E-state index in [-0.39, 0.29) is 25.2 Å². The van der Waals surface area contributed by atoms with Crippen LogP contribution >= 0.6 is 11.6 Å². The maximum absolute atomic E-state index is 12.8. The molecule has 0 saturated carbocycles. The summed E-state index contributed by atoms with van der Waals surface area (Å²) in [6.45, 7) is 4.12. The van der Waals surface area contributed by atoms with Crippen molar-refractivity contribution in [3.05, 3.63) is 70.2 Å². The molecular formula is C25H30ClF3N2O4. The predicted molar refractivity (Wildman–Crippen MR) is 126 cm³/mol. The third-order valence-electron chi connectivity index (χ3n) is 5.78. The van der Waals surface area contributed by atoms with E-state index in [1.807, 2.05) is 12.1 Å². The SMILES string of the molecule is COCCOCC(=O)N1CCN(C[C@H](OCc2ccc(C(F)(F)F)cc2)c2ccc(Cl)cc2)CC1. The number of hydrogen-bond acceptors (Lipinski definition) is 5. The molecule has 0 radical (unpaired) electrons. The van der Waals surface area contributed by atoms with Gasteiger partial charge in [-0.3, -0.25) is 9.69 Å². The van der Waals surface area contributed by atoms with Gasteiger partial charge >= 0.3 is 6.18 Å². The molecule has 0 N–H and O–H groups in total. The Morgan fingerprint density at radius 2 is 1.66 bits per heavy atom. The molecule has 2 aromatic carbocycles. The summed E-state index contributed by atoms with van der Waals surface area (Å²) in [7, 11) is 1.58. The van der Waals surface area contributed by atoms with Crippen LogP contribution < -0.4 is 0 Å². The molecule has 0 aliphatic carbocycles. The van der Waals surface area contributed by atoms with Crippen molar-refractivity contribution in [2.45, 2.75) is 18.9 Å². The van der Waals surface area contributed by atoms with Gasteiger partial charge in [0.2, 0.25) is 5.91 Å². The van der Waals surface area contributed by atoms with E-state index in [2.05, 4.69) is 4.90 Å². The second-order valence-electron chi connectivity index (χ2n) is 8.27. The largest absolute Gasteiger partial charge is 0.416 e. The molecule has 2 aromatic rings. The summed E-state index contributed by atoms with van der Waals surface area (Å²) in [5, 5.41) is 0.607. The van der Waals surface area contributed by atoms with Gasteiger partial charge < -0.3 is 19.1 Å². The fourth-order valence-corrected chi connectivity index (χ4v) is 3.85. The molecule has 0 unspecified atom stereocenters. The van der Waals surface area contributed by atoms with E-state index in [9.17, 15) is 18.0 Å². The van der Waals surface area contributed by atoms with Crippen LogP contribution in [0.25, 0.3) is 0 Å². The van der Waals surface area contributed by atoms with Crippen LogP contribution in [-0.4, -0.2) is 75.4 Å². The average molecular weight is 515 g/mol. The minimum atomic E-state index is -4.37. The highest BCUT2D eigenvalue weighted by atomic mass is 35.5. The average Bonchev–Trinajstić information content (AvgIpc) is 2.85. The van der Waals surface area contributed by atoms with Gasteiger partial charge in [-0.05, 0) is 35.4 Å². The van der Waals surface area contributed by atoms with Gasteiger partial charge in [-0.2, -0.15) is 13.2 Å². The Labute approximate surface area is 208 Å². The molecule has 1 heterocycles. The Morgan fingerprint density at radius 3 is 2.26 bits per heavy atom. The molecule has 3 rings (SSSR count). The second-order valence-corrected chi connectivity index (χ2v) is 8.71. The number of alkyl halides is 3. The highest BCUT2D eigenvalue weighted by Gasteiger charge is 2.30. The van der Waals surface area contributed by atoms with Crippen LogP contribution in [0.2, 0.25) is 5.02 Å². The number of ether oxygens (including phenoxy) is 3. The number of amides is 1. The van der Waals surface area contributed by atoms with E-state index in [4.69, 9.17) is 25.8 Å². The maximum atomic E-state index is 12.8. The number of halogens is 4. The normalized spacial score (nSPS) is 15.9. The molecule has 192 valence electrons. The molecule has 1 aliphatic heterocycles. The first kappa shape index (κ1) is 27.4. The van der Waals surface area contributed by atoms with Crippen molar-refractivity contribution in [2.24, 2.45) is 0 Å². The summed E-state index contributed by atoms with van der Waals surface area (Å²) in [4.78, 5) is 16.3. The number of piperazine rings is 1. The Morgan fingerprint density at radius 1 is 1.00 bits per heavy atom. The van der Waals surface area contributed by atoms with Crippen LogP contribution in [0.3, 0.4) is 0 Å². The van der Waals surface area contributed by atoms with Crippen LogP contribution in [0.1, 0.15) is 22.8 Å². The molecule has 1 saturated heterocycles. The van der Waals surface area contributed by atoms with Gasteiger partial charge in [-0.25, -0.2) is 0 Å². The Hall–Kier alpha value is -2.17. The molecule has 1 aliphatic rings. The number of nitrogens with zero attached hydrogens (tertiary/aromatic N) is 2. The number of methoxy groups -OCH3 is 1. The third-order valence-corrected chi connectivity index (χ3v) is 6.03. The molecule has 1 atom stereocenters. The van der Waals surface area contributed by atoms with Crippen molar-refractivity contribution in [2.75, 3.05) is 59.7 Å². The van der Waals surface area contributed by atoms with Crippen molar-refractivity contribution in [1.82, 2.24) is 9.80 Å². The summed E-state index contributed by atoms with van der Waals surface area (Å²) in [6.07, 6.45) is -4.68. The van der Waals surface area contributed by atoms with Gasteiger partial charge in [-0.1, -0.05) is 35.9 Å². The number of hydrogen-bond donors (Lipinski definition) is 0. The first-order valence-electron chi connectivity index (χ1n) is 11.4. The molecule has 35 heavy (non-hydrogen) atoms. The number of carbonyl (C=O) groups excluding carboxylic acids is 1. The molecule has 0 aromatic heterocycles. The summed E-state index contributed by atoms with van der Waals surface area (Å²) >= 11 is 6.03. The Bertz CT molecular complexity index is 918. The number of rotatable bonds is 11. The zero-order valence-electron chi connectivity index (χ0n) is 19.6. The minimum Gasteiger partial charge on any atom is -0.382 e. The summed E-state index contributed by atoms with van der Waals surface area (Å²) in [6, 6.07) is 12.3. The van der Waals surface area contributed by atoms with E-state index < -0.39 is 11.7 Å². The van der Waals surface area contributed by atoms with Crippen LogP contribution in [0.15, 0.2) is 48.5 Å². The van der Waals surface area contributed by atoms with Gasteiger partial charge in [0.25, 0.3) is 0 Å². The van der Waals surface area contributed by atoms with Crippen LogP contribution in [0.4, 0.5) is 13.2 Å². The van der Waals surface area contributed by atoms with Gasteiger partial charge in [0.15, 0.2) is 0 Å². The topological polar surface area (TPSA) is 51.2 Å².